The summed E-state index contributed by atoms with van der Waals surface area (Å²) >= 11 is 5.90. The second-order valence-corrected chi connectivity index (χ2v) is 15.8. The number of nitrogens with zero attached hydrogens (tertiary/aromatic N) is 2. The Bertz CT molecular complexity index is 1430. The molecule has 0 spiro atoms. The van der Waals surface area contributed by atoms with Crippen LogP contribution in [-0.4, -0.2) is 30.2 Å². The molecule has 0 amide bonds. The monoisotopic (exact) mass is 546 g/mol. The van der Waals surface area contributed by atoms with Gasteiger partial charge in [0.05, 0.1) is 27.5 Å². The zero-order chi connectivity index (χ0) is 27.7. The first-order valence-electron chi connectivity index (χ1n) is 12.1. The number of carbonyl (C=O) groups excluding carboxylic acids is 1. The van der Waals surface area contributed by atoms with Gasteiger partial charge >= 0.3 is 0 Å². The number of ketones is 1. The maximum Gasteiger partial charge on any atom is 0.293 e. The van der Waals surface area contributed by atoms with Crippen molar-refractivity contribution < 1.29 is 18.5 Å². The van der Waals surface area contributed by atoms with Crippen LogP contribution in [0.5, 0.6) is 0 Å². The summed E-state index contributed by atoms with van der Waals surface area (Å²) in [5.74, 6) is -0.984. The van der Waals surface area contributed by atoms with Crippen LogP contribution in [0.3, 0.4) is 0 Å². The smallest absolute Gasteiger partial charge is 0.293 e. The number of carbonyl (C=O) groups is 1. The highest BCUT2D eigenvalue weighted by Gasteiger charge is 2.37. The number of nitro benzene ring substituents is 1. The van der Waals surface area contributed by atoms with Crippen molar-refractivity contribution in [2.75, 3.05) is 6.61 Å². The standard InChI is InChI=1S/C27H32ClFN2O5Si/c1-7-23(32)20-16-30(11-12-36-37(5,6)27(2,3)4)25-19(26(20)33)14-17(15-22(25)31(34)35)13-18-9-8-10-21(28)24(18)29/h8-10,14-16H,7,11-13H2,1-6H3. The van der Waals surface area contributed by atoms with Crippen LogP contribution in [0.2, 0.25) is 23.2 Å². The normalized spacial score (nSPS) is 12.2. The van der Waals surface area contributed by atoms with Crippen molar-refractivity contribution >= 4 is 42.3 Å². The van der Waals surface area contributed by atoms with E-state index >= 15 is 0 Å². The molecule has 0 unspecified atom stereocenters. The summed E-state index contributed by atoms with van der Waals surface area (Å²) < 4.78 is 22.4. The zero-order valence-corrected chi connectivity index (χ0v) is 23.7. The Morgan fingerprint density at radius 1 is 1.24 bits per heavy atom. The third-order valence-electron chi connectivity index (χ3n) is 7.06. The number of non-ortho nitro benzene ring substituents is 1. The van der Waals surface area contributed by atoms with E-state index < -0.39 is 24.5 Å². The number of aromatic nitrogens is 1. The average molecular weight is 547 g/mol. The van der Waals surface area contributed by atoms with Crippen molar-refractivity contribution in [3.63, 3.8) is 0 Å². The van der Waals surface area contributed by atoms with Crippen molar-refractivity contribution in [3.8, 4) is 0 Å². The highest BCUT2D eigenvalue weighted by molar-refractivity contribution is 6.74. The lowest BCUT2D eigenvalue weighted by Gasteiger charge is -2.36. The van der Waals surface area contributed by atoms with Gasteiger partial charge in [0.15, 0.2) is 19.5 Å². The van der Waals surface area contributed by atoms with Crippen molar-refractivity contribution in [2.24, 2.45) is 0 Å². The van der Waals surface area contributed by atoms with Gasteiger partial charge in [0.2, 0.25) is 0 Å². The van der Waals surface area contributed by atoms with Gasteiger partial charge in [0.1, 0.15) is 11.3 Å². The molecule has 0 aliphatic heterocycles. The van der Waals surface area contributed by atoms with Crippen LogP contribution in [0, 0.1) is 15.9 Å². The average Bonchev–Trinajstić information content (AvgIpc) is 2.81. The Morgan fingerprint density at radius 2 is 1.92 bits per heavy atom. The van der Waals surface area contributed by atoms with Crippen LogP contribution in [0.15, 0.2) is 41.3 Å². The third kappa shape index (κ3) is 6.00. The molecule has 1 aromatic heterocycles. The number of nitro groups is 1. The van der Waals surface area contributed by atoms with E-state index in [9.17, 15) is 24.1 Å². The number of pyridine rings is 1. The number of rotatable bonds is 9. The number of benzene rings is 2. The van der Waals surface area contributed by atoms with Crippen LogP contribution in [0.25, 0.3) is 10.9 Å². The van der Waals surface area contributed by atoms with Crippen LogP contribution < -0.4 is 5.43 Å². The number of Topliss-reactive ketones (excluding diaryl/α,β-unsaturated/α-hetero) is 1. The predicted octanol–water partition coefficient (Wildman–Crippen LogP) is 6.91. The highest BCUT2D eigenvalue weighted by Crippen LogP contribution is 2.36. The second kappa shape index (κ2) is 10.8. The first-order valence-corrected chi connectivity index (χ1v) is 15.4. The van der Waals surface area contributed by atoms with E-state index in [0.717, 1.165) is 0 Å². The van der Waals surface area contributed by atoms with Gasteiger partial charge < -0.3 is 8.99 Å². The third-order valence-corrected chi connectivity index (χ3v) is 11.9. The van der Waals surface area contributed by atoms with Gasteiger partial charge in [-0.05, 0) is 41.4 Å². The predicted molar refractivity (Wildman–Crippen MR) is 147 cm³/mol. The molecular weight excluding hydrogens is 515 g/mol. The van der Waals surface area contributed by atoms with Gasteiger partial charge in [-0.2, -0.15) is 0 Å². The molecule has 0 saturated carbocycles. The molecule has 0 aliphatic carbocycles. The van der Waals surface area contributed by atoms with E-state index in [1.54, 1.807) is 17.6 Å². The lowest BCUT2D eigenvalue weighted by Crippen LogP contribution is -2.41. The molecule has 10 heteroatoms. The maximum absolute atomic E-state index is 14.6. The van der Waals surface area contributed by atoms with Crippen LogP contribution >= 0.6 is 11.6 Å². The second-order valence-electron chi connectivity index (χ2n) is 10.6. The summed E-state index contributed by atoms with van der Waals surface area (Å²) in [5, 5.41) is 12.1. The topological polar surface area (TPSA) is 91.4 Å². The Morgan fingerprint density at radius 3 is 2.51 bits per heavy atom. The summed E-state index contributed by atoms with van der Waals surface area (Å²) in [6, 6.07) is 7.38. The van der Waals surface area contributed by atoms with Crippen molar-refractivity contribution in [1.29, 1.82) is 0 Å². The van der Waals surface area contributed by atoms with Gasteiger partial charge in [0.25, 0.3) is 5.69 Å². The van der Waals surface area contributed by atoms with Gasteiger partial charge in [-0.15, -0.1) is 0 Å². The van der Waals surface area contributed by atoms with Gasteiger partial charge in [0, 0.05) is 31.6 Å². The Balaban J connectivity index is 2.19. The Labute approximate surface area is 221 Å². The molecule has 0 fully saturated rings. The van der Waals surface area contributed by atoms with E-state index in [1.807, 2.05) is 0 Å². The molecule has 0 radical (unpaired) electrons. The van der Waals surface area contributed by atoms with Crippen LogP contribution in [0.4, 0.5) is 10.1 Å². The molecule has 0 N–H and O–H groups in total. The molecule has 0 aliphatic rings. The molecule has 3 rings (SSSR count). The minimum absolute atomic E-state index is 0.0109. The van der Waals surface area contributed by atoms with Crippen LogP contribution in [-0.2, 0) is 17.4 Å². The quantitative estimate of drug-likeness (QED) is 0.126. The highest BCUT2D eigenvalue weighted by atomic mass is 35.5. The molecule has 3 aromatic rings. The molecule has 198 valence electrons. The number of hydrogen-bond donors (Lipinski definition) is 0. The number of halogens is 2. The van der Waals surface area contributed by atoms with Gasteiger partial charge in [-0.1, -0.05) is 51.4 Å². The Kier molecular flexibility index (Phi) is 8.41. The minimum atomic E-state index is -2.10. The first-order chi connectivity index (χ1) is 17.2. The Hall–Kier alpha value is -2.88. The molecular formula is C27H32ClFN2O5Si. The summed E-state index contributed by atoms with van der Waals surface area (Å²) in [4.78, 5) is 37.6. The van der Waals surface area contributed by atoms with Gasteiger partial charge in [-0.3, -0.25) is 19.7 Å². The molecule has 0 bridgehead atoms. The van der Waals surface area contributed by atoms with E-state index in [1.165, 1.54) is 30.5 Å². The molecule has 2 aromatic carbocycles. The molecule has 37 heavy (non-hydrogen) atoms. The maximum atomic E-state index is 14.6. The van der Waals surface area contributed by atoms with Crippen LogP contribution in [0.1, 0.15) is 55.6 Å². The fourth-order valence-corrected chi connectivity index (χ4v) is 5.13. The summed E-state index contributed by atoms with van der Waals surface area (Å²) in [5.41, 5.74) is -0.207. The largest absolute Gasteiger partial charge is 0.415 e. The SMILES string of the molecule is CCC(=O)c1cn(CCO[Si](C)(C)C(C)(C)C)c2c([N+](=O)[O-])cc(Cc3cccc(Cl)c3F)cc2c1=O. The molecule has 1 heterocycles. The summed E-state index contributed by atoms with van der Waals surface area (Å²) in [6.45, 7) is 12.7. The number of fused-ring (bicyclic) bond motifs is 1. The van der Waals surface area contributed by atoms with E-state index in [-0.39, 0.29) is 69.6 Å². The summed E-state index contributed by atoms with van der Waals surface area (Å²) in [6.07, 6.45) is 1.49. The van der Waals surface area contributed by atoms with Crippen molar-refractivity contribution in [2.45, 2.75) is 65.2 Å². The van der Waals surface area contributed by atoms with Crippen molar-refractivity contribution in [3.05, 3.63) is 84.4 Å². The van der Waals surface area contributed by atoms with Gasteiger partial charge in [-0.25, -0.2) is 4.39 Å². The fraction of sp³-hybridized carbons (Fsp3) is 0.407. The minimum Gasteiger partial charge on any atom is -0.415 e. The first kappa shape index (κ1) is 28.7. The zero-order valence-electron chi connectivity index (χ0n) is 22.0. The van der Waals surface area contributed by atoms with E-state index in [2.05, 4.69) is 33.9 Å². The molecule has 0 atom stereocenters. The number of hydrogen-bond acceptors (Lipinski definition) is 5. The summed E-state index contributed by atoms with van der Waals surface area (Å²) in [7, 11) is -2.10. The van der Waals surface area contributed by atoms with E-state index in [4.69, 9.17) is 16.0 Å². The molecule has 0 saturated heterocycles. The fourth-order valence-electron chi connectivity index (χ4n) is 3.90. The van der Waals surface area contributed by atoms with Crippen molar-refractivity contribution in [1.82, 2.24) is 4.57 Å². The molecule has 7 nitrogen and oxygen atoms in total. The van der Waals surface area contributed by atoms with E-state index in [0.29, 0.717) is 5.56 Å². The lowest BCUT2D eigenvalue weighted by atomic mass is 9.99. The lowest BCUT2D eigenvalue weighted by molar-refractivity contribution is -0.383.